The van der Waals surface area contributed by atoms with E-state index in [4.69, 9.17) is 9.84 Å². The summed E-state index contributed by atoms with van der Waals surface area (Å²) in [6, 6.07) is 14.1. The number of rotatable bonds is 6. The molecular weight excluding hydrogens is 416 g/mol. The molecule has 0 radical (unpaired) electrons. The number of carbonyl (C=O) groups excluding carboxylic acids is 1. The highest BCUT2D eigenvalue weighted by Gasteiger charge is 2.29. The Bertz CT molecular complexity index is 1170. The average Bonchev–Trinajstić information content (AvgIpc) is 2.78. The lowest BCUT2D eigenvalue weighted by Gasteiger charge is -2.33. The van der Waals surface area contributed by atoms with E-state index in [1.54, 1.807) is 18.0 Å². The fourth-order valence-electron chi connectivity index (χ4n) is 4.85. The van der Waals surface area contributed by atoms with Crippen molar-refractivity contribution in [1.82, 2.24) is 9.88 Å². The van der Waals surface area contributed by atoms with E-state index in [0.29, 0.717) is 18.8 Å². The molecule has 2 aromatic carbocycles. The van der Waals surface area contributed by atoms with Crippen LogP contribution < -0.4 is 4.74 Å². The number of nitrogens with zero attached hydrogens (tertiary/aromatic N) is 2. The molecule has 0 saturated carbocycles. The fourth-order valence-corrected chi connectivity index (χ4v) is 4.85. The maximum Gasteiger partial charge on any atom is 0.303 e. The number of carboxylic acid groups (broad SMARTS) is 1. The molecule has 1 N–H and O–H groups in total. The van der Waals surface area contributed by atoms with Crippen LogP contribution in [0.3, 0.4) is 0 Å². The molecule has 2 atom stereocenters. The first kappa shape index (κ1) is 22.8. The quantitative estimate of drug-likeness (QED) is 0.576. The van der Waals surface area contributed by atoms with E-state index >= 15 is 0 Å². The zero-order valence-electron chi connectivity index (χ0n) is 19.4. The number of aryl methyl sites for hydroxylation is 2. The lowest BCUT2D eigenvalue weighted by molar-refractivity contribution is -0.143. The molecule has 6 nitrogen and oxygen atoms in total. The van der Waals surface area contributed by atoms with E-state index in [1.807, 2.05) is 24.3 Å². The van der Waals surface area contributed by atoms with Crippen LogP contribution in [0, 0.1) is 19.8 Å². The van der Waals surface area contributed by atoms with Gasteiger partial charge in [-0.2, -0.15) is 0 Å². The normalized spacial score (nSPS) is 17.1. The number of fused-ring (bicyclic) bond motifs is 1. The van der Waals surface area contributed by atoms with Gasteiger partial charge in [-0.25, -0.2) is 0 Å². The maximum atomic E-state index is 12.9. The van der Waals surface area contributed by atoms with Gasteiger partial charge in [0.1, 0.15) is 5.75 Å². The Hall–Kier alpha value is -3.41. The lowest BCUT2D eigenvalue weighted by Crippen LogP contribution is -2.46. The van der Waals surface area contributed by atoms with Crippen LogP contribution in [-0.4, -0.2) is 46.1 Å². The van der Waals surface area contributed by atoms with E-state index in [2.05, 4.69) is 37.0 Å². The molecule has 1 saturated heterocycles. The topological polar surface area (TPSA) is 79.7 Å². The Balaban J connectivity index is 1.53. The largest absolute Gasteiger partial charge is 0.481 e. The number of aliphatic carboxylic acids is 1. The van der Waals surface area contributed by atoms with E-state index < -0.39 is 12.1 Å². The number of benzene rings is 2. The summed E-state index contributed by atoms with van der Waals surface area (Å²) in [4.78, 5) is 30.3. The number of ether oxygens (including phenoxy) is 1. The van der Waals surface area contributed by atoms with Gasteiger partial charge in [0.2, 0.25) is 0 Å². The fraction of sp³-hybridized carbons (Fsp3) is 0.370. The number of likely N-dealkylation sites (tertiary alicyclic amines) is 1. The molecular formula is C27H30N2O4. The first-order valence-corrected chi connectivity index (χ1v) is 11.5. The maximum absolute atomic E-state index is 12.9. The van der Waals surface area contributed by atoms with Crippen LogP contribution in [0.25, 0.3) is 22.0 Å². The summed E-state index contributed by atoms with van der Waals surface area (Å²) >= 11 is 0. The Morgan fingerprint density at radius 3 is 2.67 bits per heavy atom. The highest BCUT2D eigenvalue weighted by molar-refractivity contribution is 5.96. The summed E-state index contributed by atoms with van der Waals surface area (Å²) in [7, 11) is 0. The number of hydrogen-bond donors (Lipinski definition) is 1. The number of hydrogen-bond acceptors (Lipinski definition) is 4. The van der Waals surface area contributed by atoms with E-state index in [0.717, 1.165) is 29.3 Å². The van der Waals surface area contributed by atoms with Crippen LogP contribution in [0.2, 0.25) is 0 Å². The van der Waals surface area contributed by atoms with Crippen LogP contribution in [0.1, 0.15) is 37.3 Å². The highest BCUT2D eigenvalue weighted by Crippen LogP contribution is 2.34. The van der Waals surface area contributed by atoms with Crippen LogP contribution >= 0.6 is 0 Å². The minimum absolute atomic E-state index is 0.000546. The second kappa shape index (κ2) is 9.61. The van der Waals surface area contributed by atoms with Crippen molar-refractivity contribution in [2.45, 2.75) is 46.1 Å². The predicted molar refractivity (Wildman–Crippen MR) is 128 cm³/mol. The van der Waals surface area contributed by atoms with Gasteiger partial charge in [0.15, 0.2) is 6.10 Å². The summed E-state index contributed by atoms with van der Waals surface area (Å²) in [5, 5.41) is 10.1. The van der Waals surface area contributed by atoms with Gasteiger partial charge in [-0.15, -0.1) is 0 Å². The molecule has 33 heavy (non-hydrogen) atoms. The monoisotopic (exact) mass is 446 g/mol. The third-order valence-corrected chi connectivity index (χ3v) is 6.42. The predicted octanol–water partition coefficient (Wildman–Crippen LogP) is 5.00. The van der Waals surface area contributed by atoms with Gasteiger partial charge in [0.05, 0.1) is 5.52 Å². The second-order valence-corrected chi connectivity index (χ2v) is 8.95. The van der Waals surface area contributed by atoms with Crippen molar-refractivity contribution in [1.29, 1.82) is 0 Å². The Labute approximate surface area is 194 Å². The molecule has 1 amide bonds. The van der Waals surface area contributed by atoms with Crippen LogP contribution in [-0.2, 0) is 9.59 Å². The molecule has 6 heteroatoms. The molecule has 1 aliphatic rings. The third-order valence-electron chi connectivity index (χ3n) is 6.42. The molecule has 0 spiro atoms. The molecule has 4 rings (SSSR count). The van der Waals surface area contributed by atoms with E-state index in [9.17, 15) is 9.59 Å². The Kier molecular flexibility index (Phi) is 6.63. The zero-order chi connectivity index (χ0) is 23.5. The molecule has 1 unspecified atom stereocenters. The first-order valence-electron chi connectivity index (χ1n) is 11.5. The number of amides is 1. The molecule has 0 bridgehead atoms. The van der Waals surface area contributed by atoms with Gasteiger partial charge in [0, 0.05) is 37.2 Å². The van der Waals surface area contributed by atoms with Crippen molar-refractivity contribution in [3.63, 3.8) is 0 Å². The van der Waals surface area contributed by atoms with Gasteiger partial charge in [-0.1, -0.05) is 18.2 Å². The molecule has 3 aromatic rings. The van der Waals surface area contributed by atoms with Gasteiger partial charge in [-0.05, 0) is 80.0 Å². The molecule has 0 aliphatic carbocycles. The van der Waals surface area contributed by atoms with Gasteiger partial charge in [0.25, 0.3) is 5.91 Å². The van der Waals surface area contributed by atoms with E-state index in [1.165, 1.54) is 16.7 Å². The highest BCUT2D eigenvalue weighted by atomic mass is 16.5. The minimum atomic E-state index is -0.817. The standard InChI is InChI=1S/C27H30N2O4/c1-17-6-4-7-18(2)26(17)23-11-12-28-24-15-21(9-10-22(23)24)33-19(3)27(32)29-13-5-8-20(16-29)14-25(30)31/h4,6-7,9-12,15,19-20H,5,8,13-14,16H2,1-3H3,(H,30,31)/t19?,20-/m1/s1. The lowest BCUT2D eigenvalue weighted by atomic mass is 9.93. The van der Waals surface area contributed by atoms with Crippen molar-refractivity contribution < 1.29 is 19.4 Å². The first-order chi connectivity index (χ1) is 15.8. The summed E-state index contributed by atoms with van der Waals surface area (Å²) < 4.78 is 6.00. The SMILES string of the molecule is Cc1cccc(C)c1-c1ccnc2cc(OC(C)C(=O)N3CCC[C@H](CC(=O)O)C3)ccc12. The molecule has 172 valence electrons. The third kappa shape index (κ3) is 5.00. The van der Waals surface area contributed by atoms with Crippen molar-refractivity contribution in [3.05, 3.63) is 59.8 Å². The summed E-state index contributed by atoms with van der Waals surface area (Å²) in [5.41, 5.74) is 5.58. The van der Waals surface area contributed by atoms with Gasteiger partial charge < -0.3 is 14.7 Å². The summed E-state index contributed by atoms with van der Waals surface area (Å²) in [6.45, 7) is 7.08. The average molecular weight is 447 g/mol. The van der Waals surface area contributed by atoms with Crippen molar-refractivity contribution in [3.8, 4) is 16.9 Å². The van der Waals surface area contributed by atoms with E-state index in [-0.39, 0.29) is 18.2 Å². The van der Waals surface area contributed by atoms with Gasteiger partial charge in [-0.3, -0.25) is 14.6 Å². The number of pyridine rings is 1. The number of carboxylic acids is 1. The van der Waals surface area contributed by atoms with Gasteiger partial charge >= 0.3 is 5.97 Å². The minimum Gasteiger partial charge on any atom is -0.481 e. The second-order valence-electron chi connectivity index (χ2n) is 8.95. The van der Waals surface area contributed by atoms with Crippen molar-refractivity contribution in [2.75, 3.05) is 13.1 Å². The Morgan fingerprint density at radius 1 is 1.18 bits per heavy atom. The molecule has 1 aromatic heterocycles. The Morgan fingerprint density at radius 2 is 1.94 bits per heavy atom. The molecule has 1 aliphatic heterocycles. The van der Waals surface area contributed by atoms with Crippen molar-refractivity contribution >= 4 is 22.8 Å². The number of piperidine rings is 1. The van der Waals surface area contributed by atoms with Crippen LogP contribution in [0.15, 0.2) is 48.7 Å². The molecule has 2 heterocycles. The zero-order valence-corrected chi connectivity index (χ0v) is 19.4. The van der Waals surface area contributed by atoms with Crippen LogP contribution in [0.4, 0.5) is 0 Å². The summed E-state index contributed by atoms with van der Waals surface area (Å²) in [6.07, 6.45) is 2.89. The van der Waals surface area contributed by atoms with Crippen LogP contribution in [0.5, 0.6) is 5.75 Å². The molecule has 1 fully saturated rings. The smallest absolute Gasteiger partial charge is 0.303 e. The van der Waals surface area contributed by atoms with Crippen molar-refractivity contribution in [2.24, 2.45) is 5.92 Å². The number of aromatic nitrogens is 1. The number of carbonyl (C=O) groups is 2. The summed E-state index contributed by atoms with van der Waals surface area (Å²) in [5.74, 6) is -0.334.